The van der Waals surface area contributed by atoms with E-state index in [2.05, 4.69) is 159 Å². The van der Waals surface area contributed by atoms with Gasteiger partial charge >= 0.3 is 241 Å². The zero-order valence-electron chi connectivity index (χ0n) is 23.4. The van der Waals surface area contributed by atoms with Crippen molar-refractivity contribution in [2.75, 3.05) is 0 Å². The number of allylic oxidation sites excluding steroid dienone is 1. The third-order valence-electron chi connectivity index (χ3n) is 10.3. The molecule has 1 atom stereocenters. The second kappa shape index (κ2) is 10.00. The van der Waals surface area contributed by atoms with E-state index in [1.165, 1.54) is 37.3 Å². The van der Waals surface area contributed by atoms with E-state index in [-0.39, 0.29) is 0 Å². The van der Waals surface area contributed by atoms with Gasteiger partial charge in [0, 0.05) is 0 Å². The molecule has 0 heterocycles. The third kappa shape index (κ3) is 3.75. The maximum absolute atomic E-state index is 3.88. The van der Waals surface area contributed by atoms with Gasteiger partial charge in [0.1, 0.15) is 0 Å². The van der Waals surface area contributed by atoms with E-state index in [4.69, 9.17) is 0 Å². The first-order valence-electron chi connectivity index (χ1n) is 14.6. The van der Waals surface area contributed by atoms with Crippen LogP contribution in [-0.4, -0.2) is 6.19 Å². The second-order valence-electron chi connectivity index (χ2n) is 12.3. The van der Waals surface area contributed by atoms with Gasteiger partial charge < -0.3 is 0 Å². The van der Waals surface area contributed by atoms with Gasteiger partial charge in [-0.3, -0.25) is 0 Å². The number of benzene rings is 5. The van der Waals surface area contributed by atoms with Crippen LogP contribution in [0.1, 0.15) is 41.8 Å². The standard InChI is InChI=1S/C13H9.C9H7.2C7H7.C2H6Si.Ti/c1-3-7-12-10(5-1)9-11-6-2-4-8-13(11)12;1-2-5-9-7-3-6-8(9)4-1;2*1-7-5-3-2-4-6-7;1-3-2;/h1-9H;1-7H;2*2-6H,1H2;1-2H3;. The summed E-state index contributed by atoms with van der Waals surface area (Å²) in [4.78, 5) is 0. The molecule has 0 saturated heterocycles. The van der Waals surface area contributed by atoms with Gasteiger partial charge in [-0.25, -0.2) is 0 Å². The van der Waals surface area contributed by atoms with Gasteiger partial charge in [0.2, 0.25) is 0 Å². The normalized spacial score (nSPS) is 15.9. The molecule has 196 valence electrons. The van der Waals surface area contributed by atoms with Crippen LogP contribution in [0.5, 0.6) is 0 Å². The van der Waals surface area contributed by atoms with Crippen LogP contribution in [0, 0.1) is 0 Å². The fourth-order valence-corrected chi connectivity index (χ4v) is 35.0. The second-order valence-corrected chi connectivity index (χ2v) is 33.1. The molecule has 0 nitrogen and oxygen atoms in total. The van der Waals surface area contributed by atoms with Crippen LogP contribution in [0.2, 0.25) is 13.1 Å². The van der Waals surface area contributed by atoms with Gasteiger partial charge in [0.05, 0.1) is 0 Å². The first-order chi connectivity index (χ1) is 19.6. The van der Waals surface area contributed by atoms with Crippen molar-refractivity contribution in [2.45, 2.75) is 31.0 Å². The molecule has 0 aliphatic heterocycles. The number of hydrogen-bond donors (Lipinski definition) is 0. The Labute approximate surface area is 240 Å². The van der Waals surface area contributed by atoms with E-state index in [9.17, 15) is 0 Å². The average Bonchev–Trinajstić information content (AvgIpc) is 3.59. The van der Waals surface area contributed by atoms with E-state index in [1.54, 1.807) is 16.7 Å². The number of hydrogen-bond acceptors (Lipinski definition) is 0. The maximum atomic E-state index is 2.69. The summed E-state index contributed by atoms with van der Waals surface area (Å²) in [5, 5.41) is 0. The fraction of sp³-hybridized carbons (Fsp3) is 0.158. The van der Waals surface area contributed by atoms with Crippen molar-refractivity contribution in [2.24, 2.45) is 0 Å². The molecule has 2 aliphatic rings. The fourth-order valence-electron chi connectivity index (χ4n) is 8.58. The van der Waals surface area contributed by atoms with E-state index < -0.39 is 20.2 Å². The molecule has 0 radical (unpaired) electrons. The summed E-state index contributed by atoms with van der Waals surface area (Å²) in [6.07, 6.45) is 4.28. The Morgan fingerprint density at radius 2 is 0.975 bits per heavy atom. The minimum atomic E-state index is -3.88. The van der Waals surface area contributed by atoms with Gasteiger partial charge in [0.25, 0.3) is 0 Å². The van der Waals surface area contributed by atoms with E-state index in [0.29, 0.717) is 8.45 Å². The molecule has 0 N–H and O–H groups in total. The Hall–Kier alpha value is -3.23. The first-order valence-corrected chi connectivity index (χ1v) is 23.5. The number of rotatable bonds is 6. The van der Waals surface area contributed by atoms with Crippen LogP contribution in [0.4, 0.5) is 0 Å². The van der Waals surface area contributed by atoms with Crippen molar-refractivity contribution >= 4 is 12.3 Å². The SMILES string of the molecule is C[Si](C)=[Ti]([CH2]c1ccccc1)([CH2]c1ccccc1)([CH]1C=Cc2ccccc21)[CH]1c2ccccc2-c2ccccc21. The van der Waals surface area contributed by atoms with Crippen molar-refractivity contribution in [1.29, 1.82) is 0 Å². The van der Waals surface area contributed by atoms with Crippen molar-refractivity contribution in [3.63, 3.8) is 0 Å². The third-order valence-corrected chi connectivity index (χ3v) is 39.2. The molecular weight excluding hydrogens is 532 g/mol. The quantitative estimate of drug-likeness (QED) is 0.179. The molecule has 1 unspecified atom stereocenters. The Morgan fingerprint density at radius 1 is 0.525 bits per heavy atom. The Balaban J connectivity index is 1.67. The molecular formula is C38H36SiTi. The van der Waals surface area contributed by atoms with Crippen molar-refractivity contribution in [3.8, 4) is 11.1 Å². The topological polar surface area (TPSA) is 0 Å². The molecule has 7 rings (SSSR count). The molecule has 40 heavy (non-hydrogen) atoms. The van der Waals surface area contributed by atoms with Gasteiger partial charge in [0.15, 0.2) is 0 Å². The predicted molar refractivity (Wildman–Crippen MR) is 170 cm³/mol. The summed E-state index contributed by atoms with van der Waals surface area (Å²) >= 11 is -3.88. The van der Waals surface area contributed by atoms with Gasteiger partial charge in [-0.15, -0.1) is 0 Å². The van der Waals surface area contributed by atoms with Crippen LogP contribution in [0.15, 0.2) is 140 Å². The molecule has 5 aromatic carbocycles. The average molecular weight is 569 g/mol. The van der Waals surface area contributed by atoms with Crippen LogP contribution >= 0.6 is 0 Å². The van der Waals surface area contributed by atoms with Gasteiger partial charge in [-0.2, -0.15) is 0 Å². The molecule has 0 fully saturated rings. The zero-order valence-corrected chi connectivity index (χ0v) is 26.0. The van der Waals surface area contributed by atoms with Crippen LogP contribution in [-0.2, 0) is 23.5 Å². The Kier molecular flexibility index (Phi) is 6.43. The summed E-state index contributed by atoms with van der Waals surface area (Å²) < 4.78 is 3.35. The Bertz CT molecular complexity index is 1720. The molecule has 0 saturated carbocycles. The Morgan fingerprint density at radius 3 is 1.50 bits per heavy atom. The van der Waals surface area contributed by atoms with Crippen LogP contribution < -0.4 is 0 Å². The van der Waals surface area contributed by atoms with Crippen molar-refractivity contribution in [3.05, 3.63) is 173 Å². The monoisotopic (exact) mass is 568 g/mol. The first kappa shape index (κ1) is 25.7. The molecule has 5 aromatic rings. The molecule has 2 heteroatoms. The minimum absolute atomic E-state index is 0.453. The summed E-state index contributed by atoms with van der Waals surface area (Å²) in [7, 11) is 0. The van der Waals surface area contributed by atoms with Crippen molar-refractivity contribution in [1.82, 2.24) is 0 Å². The number of fused-ring (bicyclic) bond motifs is 4. The van der Waals surface area contributed by atoms with E-state index in [1.807, 2.05) is 0 Å². The summed E-state index contributed by atoms with van der Waals surface area (Å²) in [6.45, 7) is 5.37. The molecule has 0 bridgehead atoms. The van der Waals surface area contributed by atoms with Crippen LogP contribution in [0.3, 0.4) is 0 Å². The van der Waals surface area contributed by atoms with E-state index in [0.717, 1.165) is 0 Å². The van der Waals surface area contributed by atoms with E-state index >= 15 is 0 Å². The van der Waals surface area contributed by atoms with Crippen LogP contribution in [0.25, 0.3) is 17.2 Å². The van der Waals surface area contributed by atoms with Crippen molar-refractivity contribution < 1.29 is 14.0 Å². The molecule has 0 aromatic heterocycles. The van der Waals surface area contributed by atoms with Gasteiger partial charge in [-0.05, 0) is 0 Å². The summed E-state index contributed by atoms with van der Waals surface area (Å²) in [5.41, 5.74) is 12.1. The summed E-state index contributed by atoms with van der Waals surface area (Å²) in [6, 6.07) is 51.1. The zero-order chi connectivity index (χ0) is 27.2. The predicted octanol–water partition coefficient (Wildman–Crippen LogP) is 9.87. The molecule has 2 aliphatic carbocycles. The molecule has 0 amide bonds. The summed E-state index contributed by atoms with van der Waals surface area (Å²) in [5.74, 6) is 0. The molecule has 0 spiro atoms. The van der Waals surface area contributed by atoms with Gasteiger partial charge in [-0.1, -0.05) is 0 Å².